The van der Waals surface area contributed by atoms with Gasteiger partial charge in [-0.25, -0.2) is 8.42 Å². The lowest BCUT2D eigenvalue weighted by Gasteiger charge is -2.30. The molecule has 2 heterocycles. The van der Waals surface area contributed by atoms with Gasteiger partial charge in [0.15, 0.2) is 0 Å². The van der Waals surface area contributed by atoms with Crippen LogP contribution in [0.25, 0.3) is 0 Å². The number of benzene rings is 2. The first-order valence-electron chi connectivity index (χ1n) is 9.71. The van der Waals surface area contributed by atoms with Crippen molar-refractivity contribution in [2.24, 2.45) is 0 Å². The zero-order valence-corrected chi connectivity index (χ0v) is 18.1. The second-order valence-electron chi connectivity index (χ2n) is 7.21. The fourth-order valence-corrected chi connectivity index (χ4v) is 6.13. The lowest BCUT2D eigenvalue weighted by atomic mass is 9.99. The van der Waals surface area contributed by atoms with Gasteiger partial charge in [0.05, 0.1) is 4.90 Å². The Morgan fingerprint density at radius 2 is 1.70 bits per heavy atom. The van der Waals surface area contributed by atoms with E-state index in [0.717, 1.165) is 10.6 Å². The van der Waals surface area contributed by atoms with E-state index in [1.165, 1.54) is 15.6 Å². The molecule has 1 N–H and O–H groups in total. The summed E-state index contributed by atoms with van der Waals surface area (Å²) in [6.45, 7) is 2.65. The largest absolute Gasteiger partial charge is 0.320 e. The number of anilines is 1. The monoisotopic (exact) mass is 442 g/mol. The molecule has 0 aliphatic carbocycles. The average molecular weight is 443 g/mol. The van der Waals surface area contributed by atoms with Gasteiger partial charge in [0, 0.05) is 24.7 Å². The molecular weight excluding hydrogens is 420 g/mol. The maximum absolute atomic E-state index is 13.0. The molecule has 0 spiro atoms. The Morgan fingerprint density at radius 1 is 1.03 bits per heavy atom. The molecule has 7 nitrogen and oxygen atoms in total. The highest BCUT2D eigenvalue weighted by Gasteiger charge is 2.32. The summed E-state index contributed by atoms with van der Waals surface area (Å²) >= 11 is 1.27. The van der Waals surface area contributed by atoms with E-state index in [2.05, 4.69) is 15.5 Å². The number of hydrogen-bond acceptors (Lipinski definition) is 6. The van der Waals surface area contributed by atoms with Crippen LogP contribution in [0.15, 0.2) is 59.5 Å². The van der Waals surface area contributed by atoms with Crippen LogP contribution in [0, 0.1) is 6.92 Å². The molecule has 3 aromatic rings. The molecule has 4 rings (SSSR count). The fraction of sp³-hybridized carbons (Fsp3) is 0.286. The van der Waals surface area contributed by atoms with Crippen molar-refractivity contribution in [3.8, 4) is 0 Å². The Hall–Kier alpha value is -2.62. The van der Waals surface area contributed by atoms with Crippen LogP contribution in [0.2, 0.25) is 0 Å². The van der Waals surface area contributed by atoms with Crippen molar-refractivity contribution in [3.63, 3.8) is 0 Å². The Morgan fingerprint density at radius 3 is 2.40 bits per heavy atom. The van der Waals surface area contributed by atoms with Crippen molar-refractivity contribution in [2.45, 2.75) is 30.6 Å². The van der Waals surface area contributed by atoms with E-state index in [1.54, 1.807) is 12.1 Å². The summed E-state index contributed by atoms with van der Waals surface area (Å²) < 4.78 is 27.5. The molecule has 1 aromatic heterocycles. The van der Waals surface area contributed by atoms with E-state index in [0.29, 0.717) is 41.5 Å². The van der Waals surface area contributed by atoms with Crippen molar-refractivity contribution in [1.82, 2.24) is 14.5 Å². The molecule has 0 unspecified atom stereocenters. The third kappa shape index (κ3) is 4.28. The smallest absolute Gasteiger partial charge is 0.286 e. The number of carbonyl (C=O) groups excluding carboxylic acids is 1. The Kier molecular flexibility index (Phi) is 5.94. The summed E-state index contributed by atoms with van der Waals surface area (Å²) in [6.07, 6.45) is 1.31. The Balaban J connectivity index is 1.40. The molecule has 0 saturated carbocycles. The van der Waals surface area contributed by atoms with Gasteiger partial charge in [0.25, 0.3) is 5.91 Å². The highest BCUT2D eigenvalue weighted by molar-refractivity contribution is 7.89. The summed E-state index contributed by atoms with van der Waals surface area (Å²) in [4.78, 5) is 12.8. The number of carbonyl (C=O) groups is 1. The van der Waals surface area contributed by atoms with Crippen LogP contribution in [0.4, 0.5) is 5.69 Å². The van der Waals surface area contributed by atoms with Gasteiger partial charge in [0.1, 0.15) is 5.01 Å². The zero-order valence-electron chi connectivity index (χ0n) is 16.5. The van der Waals surface area contributed by atoms with Gasteiger partial charge in [0.2, 0.25) is 15.0 Å². The predicted molar refractivity (Wildman–Crippen MR) is 116 cm³/mol. The van der Waals surface area contributed by atoms with Gasteiger partial charge >= 0.3 is 0 Å². The molecule has 1 saturated heterocycles. The first kappa shape index (κ1) is 20.6. The van der Waals surface area contributed by atoms with E-state index in [1.807, 2.05) is 49.4 Å². The Bertz CT molecular complexity index is 1140. The molecule has 0 bridgehead atoms. The maximum Gasteiger partial charge on any atom is 0.286 e. The minimum absolute atomic E-state index is 0.101. The number of sulfonamides is 1. The van der Waals surface area contributed by atoms with Gasteiger partial charge in [-0.15, -0.1) is 10.2 Å². The number of amides is 1. The van der Waals surface area contributed by atoms with Crippen molar-refractivity contribution < 1.29 is 13.2 Å². The summed E-state index contributed by atoms with van der Waals surface area (Å²) in [6, 6.07) is 16.2. The highest BCUT2D eigenvalue weighted by atomic mass is 32.2. The van der Waals surface area contributed by atoms with Crippen LogP contribution in [0.3, 0.4) is 0 Å². The predicted octanol–water partition coefficient (Wildman–Crippen LogP) is 3.67. The van der Waals surface area contributed by atoms with E-state index >= 15 is 0 Å². The summed E-state index contributed by atoms with van der Waals surface area (Å²) in [5.41, 5.74) is 1.45. The summed E-state index contributed by atoms with van der Waals surface area (Å²) in [7, 11) is -3.50. The molecule has 1 amide bonds. The van der Waals surface area contributed by atoms with Crippen molar-refractivity contribution in [3.05, 3.63) is 70.2 Å². The molecule has 0 radical (unpaired) electrons. The molecule has 156 valence electrons. The number of aryl methyl sites for hydroxylation is 1. The topological polar surface area (TPSA) is 92.3 Å². The lowest BCUT2D eigenvalue weighted by molar-refractivity contribution is 0.102. The van der Waals surface area contributed by atoms with Crippen LogP contribution in [0.1, 0.15) is 39.1 Å². The average Bonchev–Trinajstić information content (AvgIpc) is 3.25. The number of nitrogens with zero attached hydrogens (tertiary/aromatic N) is 3. The molecule has 1 aliphatic rings. The maximum atomic E-state index is 13.0. The van der Waals surface area contributed by atoms with E-state index in [4.69, 9.17) is 0 Å². The molecule has 1 aliphatic heterocycles. The van der Waals surface area contributed by atoms with Gasteiger partial charge in [-0.2, -0.15) is 4.31 Å². The minimum atomic E-state index is -3.50. The van der Waals surface area contributed by atoms with Crippen LogP contribution < -0.4 is 5.32 Å². The molecule has 30 heavy (non-hydrogen) atoms. The zero-order chi connectivity index (χ0) is 21.1. The van der Waals surface area contributed by atoms with Crippen LogP contribution >= 0.6 is 11.3 Å². The van der Waals surface area contributed by atoms with E-state index < -0.39 is 10.0 Å². The number of piperidine rings is 1. The second-order valence-corrected chi connectivity index (χ2v) is 10.1. The van der Waals surface area contributed by atoms with Crippen molar-refractivity contribution in [1.29, 1.82) is 0 Å². The van der Waals surface area contributed by atoms with Gasteiger partial charge < -0.3 is 5.32 Å². The number of aromatic nitrogens is 2. The minimum Gasteiger partial charge on any atom is -0.320 e. The van der Waals surface area contributed by atoms with E-state index in [9.17, 15) is 13.2 Å². The standard InChI is InChI=1S/C21H22N4O3S2/c1-15-7-5-6-10-18(15)30(27,28)25-13-11-16(12-14-25)20-23-24-21(29-20)19(26)22-17-8-3-2-4-9-17/h2-10,16H,11-14H2,1H3,(H,22,26). The number of nitrogens with one attached hydrogen (secondary N) is 1. The molecule has 1 fully saturated rings. The first-order chi connectivity index (χ1) is 14.4. The third-order valence-corrected chi connectivity index (χ3v) is 8.32. The van der Waals surface area contributed by atoms with Crippen LogP contribution in [0.5, 0.6) is 0 Å². The lowest BCUT2D eigenvalue weighted by Crippen LogP contribution is -2.38. The SMILES string of the molecule is Cc1ccccc1S(=O)(=O)N1CCC(c2nnc(C(=O)Nc3ccccc3)s2)CC1. The third-order valence-electron chi connectivity index (χ3n) is 5.18. The number of hydrogen-bond donors (Lipinski definition) is 1. The van der Waals surface area contributed by atoms with E-state index in [-0.39, 0.29) is 11.8 Å². The molecular formula is C21H22N4O3S2. The second kappa shape index (κ2) is 8.63. The summed E-state index contributed by atoms with van der Waals surface area (Å²) in [5, 5.41) is 12.1. The fourth-order valence-electron chi connectivity index (χ4n) is 3.53. The number of rotatable bonds is 5. The summed E-state index contributed by atoms with van der Waals surface area (Å²) in [5.74, 6) is -0.186. The number of para-hydroxylation sites is 1. The normalized spacial score (nSPS) is 15.8. The van der Waals surface area contributed by atoms with Gasteiger partial charge in [-0.3, -0.25) is 4.79 Å². The Labute approximate surface area is 179 Å². The van der Waals surface area contributed by atoms with Crippen molar-refractivity contribution in [2.75, 3.05) is 18.4 Å². The first-order valence-corrected chi connectivity index (χ1v) is 12.0. The highest BCUT2D eigenvalue weighted by Crippen LogP contribution is 2.33. The quantitative estimate of drug-likeness (QED) is 0.651. The van der Waals surface area contributed by atoms with Crippen LogP contribution in [-0.4, -0.2) is 41.9 Å². The molecule has 2 aromatic carbocycles. The van der Waals surface area contributed by atoms with Gasteiger partial charge in [-0.05, 0) is 43.5 Å². The molecule has 0 atom stereocenters. The molecule has 9 heteroatoms. The van der Waals surface area contributed by atoms with Crippen LogP contribution in [-0.2, 0) is 10.0 Å². The van der Waals surface area contributed by atoms with Crippen molar-refractivity contribution >= 4 is 33.0 Å². The van der Waals surface area contributed by atoms with Gasteiger partial charge in [-0.1, -0.05) is 47.7 Å².